The van der Waals surface area contributed by atoms with E-state index in [1.54, 1.807) is 0 Å². The fourth-order valence-electron chi connectivity index (χ4n) is 4.11. The molecule has 0 radical (unpaired) electrons. The summed E-state index contributed by atoms with van der Waals surface area (Å²) in [5.41, 5.74) is 7.66. The lowest BCUT2D eigenvalue weighted by molar-refractivity contribution is 0.707. The molecular weight excluding hydrogens is 364 g/mol. The minimum absolute atomic E-state index is 0.229. The Morgan fingerprint density at radius 1 is 0.900 bits per heavy atom. The molecule has 0 spiro atoms. The van der Waals surface area contributed by atoms with E-state index >= 15 is 0 Å². The van der Waals surface area contributed by atoms with Crippen molar-refractivity contribution in [3.8, 4) is 0 Å². The quantitative estimate of drug-likeness (QED) is 0.403. The van der Waals surface area contributed by atoms with Crippen molar-refractivity contribution in [1.29, 1.82) is 0 Å². The van der Waals surface area contributed by atoms with E-state index in [1.165, 1.54) is 35.1 Å². The number of benzene rings is 3. The number of anilines is 1. The molecule has 3 aromatic carbocycles. The molecule has 154 valence electrons. The van der Waals surface area contributed by atoms with E-state index < -0.39 is 0 Å². The zero-order valence-corrected chi connectivity index (χ0v) is 18.4. The molecule has 2 nitrogen and oxygen atoms in total. The molecular formula is C28H32N2. The molecule has 0 aromatic heterocycles. The van der Waals surface area contributed by atoms with Gasteiger partial charge >= 0.3 is 0 Å². The molecule has 30 heavy (non-hydrogen) atoms. The summed E-state index contributed by atoms with van der Waals surface area (Å²) in [4.78, 5) is 0. The highest BCUT2D eigenvalue weighted by Gasteiger charge is 2.29. The van der Waals surface area contributed by atoms with E-state index in [0.29, 0.717) is 5.92 Å². The van der Waals surface area contributed by atoms with E-state index in [4.69, 9.17) is 5.10 Å². The van der Waals surface area contributed by atoms with E-state index in [0.717, 1.165) is 24.2 Å². The lowest BCUT2D eigenvalue weighted by Gasteiger charge is -2.24. The average Bonchev–Trinajstić information content (AvgIpc) is 3.24. The van der Waals surface area contributed by atoms with Crippen molar-refractivity contribution in [3.63, 3.8) is 0 Å². The van der Waals surface area contributed by atoms with Crippen LogP contribution in [0.5, 0.6) is 0 Å². The van der Waals surface area contributed by atoms with Crippen LogP contribution in [0.4, 0.5) is 5.69 Å². The maximum atomic E-state index is 5.08. The number of hydrogen-bond donors (Lipinski definition) is 0. The Hall–Kier alpha value is -2.87. The largest absolute Gasteiger partial charge is 0.257 e. The normalized spacial score (nSPS) is 16.2. The van der Waals surface area contributed by atoms with Crippen molar-refractivity contribution >= 4 is 11.4 Å². The molecule has 1 aliphatic rings. The molecule has 0 saturated carbocycles. The number of unbranched alkanes of at least 4 members (excludes halogenated alkanes) is 1. The minimum atomic E-state index is 0.229. The molecule has 0 aliphatic carbocycles. The summed E-state index contributed by atoms with van der Waals surface area (Å²) in [5, 5.41) is 7.28. The Morgan fingerprint density at radius 2 is 1.60 bits per heavy atom. The lowest BCUT2D eigenvalue weighted by Crippen LogP contribution is -2.18. The predicted molar refractivity (Wildman–Crippen MR) is 128 cm³/mol. The summed E-state index contributed by atoms with van der Waals surface area (Å²) >= 11 is 0. The van der Waals surface area contributed by atoms with Gasteiger partial charge in [-0.25, -0.2) is 0 Å². The fourth-order valence-corrected chi connectivity index (χ4v) is 4.11. The van der Waals surface area contributed by atoms with Crippen molar-refractivity contribution in [2.45, 2.75) is 58.4 Å². The lowest BCUT2D eigenvalue weighted by atomic mass is 9.95. The maximum Gasteiger partial charge on any atom is 0.0831 e. The topological polar surface area (TPSA) is 15.6 Å². The summed E-state index contributed by atoms with van der Waals surface area (Å²) < 4.78 is 0. The van der Waals surface area contributed by atoms with E-state index in [-0.39, 0.29) is 6.04 Å². The van der Waals surface area contributed by atoms with Crippen LogP contribution in [-0.2, 0) is 6.42 Å². The van der Waals surface area contributed by atoms with Crippen LogP contribution in [0.2, 0.25) is 0 Å². The third-order valence-electron chi connectivity index (χ3n) is 6.03. The minimum Gasteiger partial charge on any atom is -0.257 e. The van der Waals surface area contributed by atoms with Crippen molar-refractivity contribution in [2.24, 2.45) is 5.10 Å². The van der Waals surface area contributed by atoms with Gasteiger partial charge in [-0.2, -0.15) is 5.10 Å². The Bertz CT molecular complexity index is 969. The van der Waals surface area contributed by atoms with Gasteiger partial charge in [0.15, 0.2) is 0 Å². The number of hydrogen-bond acceptors (Lipinski definition) is 2. The van der Waals surface area contributed by atoms with Crippen molar-refractivity contribution < 1.29 is 0 Å². The molecule has 2 heteroatoms. The predicted octanol–water partition coefficient (Wildman–Crippen LogP) is 7.51. The molecule has 1 aliphatic heterocycles. The zero-order chi connectivity index (χ0) is 20.9. The molecule has 0 fully saturated rings. The highest BCUT2D eigenvalue weighted by Crippen LogP contribution is 2.36. The van der Waals surface area contributed by atoms with Crippen LogP contribution in [-0.4, -0.2) is 5.71 Å². The number of nitrogens with zero attached hydrogens (tertiary/aromatic N) is 2. The smallest absolute Gasteiger partial charge is 0.0831 e. The van der Waals surface area contributed by atoms with Gasteiger partial charge in [0, 0.05) is 6.42 Å². The first-order valence-corrected chi connectivity index (χ1v) is 11.3. The molecule has 0 bridgehead atoms. The third-order valence-corrected chi connectivity index (χ3v) is 6.03. The van der Waals surface area contributed by atoms with E-state index in [2.05, 4.69) is 105 Å². The molecule has 1 heterocycles. The van der Waals surface area contributed by atoms with Crippen molar-refractivity contribution in [3.05, 3.63) is 101 Å². The Labute approximate surface area is 181 Å². The monoisotopic (exact) mass is 396 g/mol. The molecule has 0 saturated heterocycles. The van der Waals surface area contributed by atoms with Crippen molar-refractivity contribution in [2.75, 3.05) is 5.01 Å². The molecule has 4 rings (SSSR count). The van der Waals surface area contributed by atoms with Crippen molar-refractivity contribution in [1.82, 2.24) is 0 Å². The summed E-state index contributed by atoms with van der Waals surface area (Å²) in [5.74, 6) is 0.546. The number of rotatable bonds is 7. The standard InChI is InChI=1S/C28H32N2/c1-4-5-9-22-12-14-25(15-13-22)28-20-27(24-18-16-23(17-19-24)21(2)3)29-30(28)26-10-7-6-8-11-26/h6-8,10-19,21,28H,4-5,9,20H2,1-3H3. The van der Waals surface area contributed by atoms with E-state index in [1.807, 2.05) is 0 Å². The molecule has 0 amide bonds. The number of hydrazone groups is 1. The number of aryl methyl sites for hydroxylation is 1. The van der Waals surface area contributed by atoms with Crippen LogP contribution >= 0.6 is 0 Å². The molecule has 3 aromatic rings. The third kappa shape index (κ3) is 4.48. The second-order valence-corrected chi connectivity index (χ2v) is 8.57. The van der Waals surface area contributed by atoms with Crippen LogP contribution in [0.1, 0.15) is 74.2 Å². The second-order valence-electron chi connectivity index (χ2n) is 8.57. The summed E-state index contributed by atoms with van der Waals surface area (Å²) in [7, 11) is 0. The van der Waals surface area contributed by atoms with Gasteiger partial charge in [0.05, 0.1) is 17.4 Å². The molecule has 1 unspecified atom stereocenters. The Kier molecular flexibility index (Phi) is 6.32. The second kappa shape index (κ2) is 9.30. The first-order chi connectivity index (χ1) is 14.7. The molecule has 1 atom stereocenters. The highest BCUT2D eigenvalue weighted by molar-refractivity contribution is 6.03. The van der Waals surface area contributed by atoms with Gasteiger partial charge in [-0.1, -0.05) is 93.9 Å². The Balaban J connectivity index is 1.63. The van der Waals surface area contributed by atoms with Gasteiger partial charge in [-0.3, -0.25) is 5.01 Å². The van der Waals surface area contributed by atoms with Gasteiger partial charge in [-0.15, -0.1) is 0 Å². The first kappa shape index (κ1) is 20.4. The van der Waals surface area contributed by atoms with Gasteiger partial charge in [0.2, 0.25) is 0 Å². The van der Waals surface area contributed by atoms with Gasteiger partial charge in [-0.05, 0) is 53.1 Å². The Morgan fingerprint density at radius 3 is 2.23 bits per heavy atom. The van der Waals surface area contributed by atoms with Gasteiger partial charge in [0.1, 0.15) is 0 Å². The van der Waals surface area contributed by atoms with Gasteiger partial charge in [0.25, 0.3) is 0 Å². The van der Waals surface area contributed by atoms with E-state index in [9.17, 15) is 0 Å². The van der Waals surface area contributed by atoms with Crippen LogP contribution in [0.25, 0.3) is 0 Å². The first-order valence-electron chi connectivity index (χ1n) is 11.3. The summed E-state index contributed by atoms with van der Waals surface area (Å²) in [6.45, 7) is 6.72. The maximum absolute atomic E-state index is 5.08. The van der Waals surface area contributed by atoms with Crippen LogP contribution in [0, 0.1) is 0 Å². The fraction of sp³-hybridized carbons (Fsp3) is 0.321. The molecule has 0 N–H and O–H groups in total. The SMILES string of the molecule is CCCCc1ccc(C2CC(c3ccc(C(C)C)cc3)=NN2c2ccccc2)cc1. The van der Waals surface area contributed by atoms with Gasteiger partial charge < -0.3 is 0 Å². The highest BCUT2D eigenvalue weighted by atomic mass is 15.5. The van der Waals surface area contributed by atoms with Crippen LogP contribution in [0.3, 0.4) is 0 Å². The van der Waals surface area contributed by atoms with Crippen LogP contribution < -0.4 is 5.01 Å². The zero-order valence-electron chi connectivity index (χ0n) is 18.4. The summed E-state index contributed by atoms with van der Waals surface area (Å²) in [6, 6.07) is 28.9. The van der Waals surface area contributed by atoms with Crippen LogP contribution in [0.15, 0.2) is 84.0 Å². The summed E-state index contributed by atoms with van der Waals surface area (Å²) in [6.07, 6.45) is 4.57. The number of para-hydroxylation sites is 1. The average molecular weight is 397 g/mol.